The molecule has 0 saturated carbocycles. The molecular formula is C17H31N3O. The maximum absolute atomic E-state index is 6.23. The predicted molar refractivity (Wildman–Crippen MR) is 86.6 cm³/mol. The number of nitrogens with zero attached hydrogens (tertiary/aromatic N) is 2. The van der Waals surface area contributed by atoms with Gasteiger partial charge in [0.2, 0.25) is 0 Å². The van der Waals surface area contributed by atoms with Crippen molar-refractivity contribution >= 4 is 0 Å². The minimum atomic E-state index is -0.180. The van der Waals surface area contributed by atoms with Gasteiger partial charge >= 0.3 is 0 Å². The summed E-state index contributed by atoms with van der Waals surface area (Å²) in [6.07, 6.45) is 2.16. The van der Waals surface area contributed by atoms with Crippen molar-refractivity contribution in [2.24, 2.45) is 0 Å². The molecule has 0 spiro atoms. The minimum absolute atomic E-state index is 0.0823. The highest BCUT2D eigenvalue weighted by atomic mass is 16.5. The molecule has 0 amide bonds. The lowest BCUT2D eigenvalue weighted by molar-refractivity contribution is -0.0739. The van der Waals surface area contributed by atoms with E-state index in [4.69, 9.17) is 9.84 Å². The smallest absolute Gasteiger partial charge is 0.0858 e. The van der Waals surface area contributed by atoms with Crippen molar-refractivity contribution in [3.63, 3.8) is 0 Å². The molecular weight excluding hydrogens is 262 g/mol. The Bertz CT molecular complexity index is 502. The Morgan fingerprint density at radius 2 is 1.95 bits per heavy atom. The molecule has 0 radical (unpaired) electrons. The fourth-order valence-electron chi connectivity index (χ4n) is 3.56. The maximum atomic E-state index is 6.23. The third kappa shape index (κ3) is 3.32. The van der Waals surface area contributed by atoms with Gasteiger partial charge in [-0.1, -0.05) is 6.92 Å². The normalized spacial score (nSPS) is 23.7. The first-order valence-corrected chi connectivity index (χ1v) is 8.13. The van der Waals surface area contributed by atoms with E-state index in [9.17, 15) is 0 Å². The SMILES string of the molecule is CCCNCc1c(C)nn(C2CC(C)(C)OC2(C)C)c1C. The topological polar surface area (TPSA) is 39.1 Å². The van der Waals surface area contributed by atoms with Crippen LogP contribution in [0.5, 0.6) is 0 Å². The van der Waals surface area contributed by atoms with Gasteiger partial charge in [-0.15, -0.1) is 0 Å². The van der Waals surface area contributed by atoms with Gasteiger partial charge in [0, 0.05) is 24.2 Å². The molecule has 1 N–H and O–H groups in total. The highest BCUT2D eigenvalue weighted by Crippen LogP contribution is 2.45. The zero-order chi connectivity index (χ0) is 15.8. The van der Waals surface area contributed by atoms with Crippen LogP contribution in [-0.2, 0) is 11.3 Å². The summed E-state index contributed by atoms with van der Waals surface area (Å²) >= 11 is 0. The van der Waals surface area contributed by atoms with E-state index in [2.05, 4.69) is 58.5 Å². The van der Waals surface area contributed by atoms with E-state index in [1.807, 2.05) is 0 Å². The Hall–Kier alpha value is -0.870. The van der Waals surface area contributed by atoms with Crippen LogP contribution >= 0.6 is 0 Å². The van der Waals surface area contributed by atoms with Gasteiger partial charge in [0.1, 0.15) is 0 Å². The van der Waals surface area contributed by atoms with Crippen molar-refractivity contribution < 1.29 is 4.74 Å². The maximum Gasteiger partial charge on any atom is 0.0858 e. The van der Waals surface area contributed by atoms with Crippen molar-refractivity contribution in [3.8, 4) is 0 Å². The standard InChI is InChI=1S/C17H31N3O/c1-8-9-18-11-14-12(2)19-20(13(14)3)15-10-16(4,5)21-17(15,6)7/h15,18H,8-11H2,1-7H3. The molecule has 0 aromatic carbocycles. The number of aromatic nitrogens is 2. The van der Waals surface area contributed by atoms with Crippen LogP contribution in [0, 0.1) is 13.8 Å². The summed E-state index contributed by atoms with van der Waals surface area (Å²) in [4.78, 5) is 0. The largest absolute Gasteiger partial charge is 0.367 e. The third-order valence-corrected chi connectivity index (χ3v) is 4.53. The molecule has 1 aromatic heterocycles. The van der Waals surface area contributed by atoms with E-state index >= 15 is 0 Å². The van der Waals surface area contributed by atoms with Gasteiger partial charge in [0.15, 0.2) is 0 Å². The lowest BCUT2D eigenvalue weighted by Crippen LogP contribution is -2.32. The Labute approximate surface area is 129 Å². The molecule has 4 heteroatoms. The van der Waals surface area contributed by atoms with Crippen molar-refractivity contribution in [1.29, 1.82) is 0 Å². The quantitative estimate of drug-likeness (QED) is 0.844. The second-order valence-electron chi connectivity index (χ2n) is 7.46. The molecule has 4 nitrogen and oxygen atoms in total. The van der Waals surface area contributed by atoms with Crippen LogP contribution in [-0.4, -0.2) is 27.5 Å². The van der Waals surface area contributed by atoms with Crippen molar-refractivity contribution in [3.05, 3.63) is 17.0 Å². The lowest BCUT2D eigenvalue weighted by Gasteiger charge is -2.28. The van der Waals surface area contributed by atoms with E-state index in [0.29, 0.717) is 6.04 Å². The molecule has 0 aliphatic carbocycles. The Morgan fingerprint density at radius 1 is 1.29 bits per heavy atom. The zero-order valence-electron chi connectivity index (χ0n) is 14.7. The molecule has 1 aromatic rings. The molecule has 2 rings (SSSR count). The molecule has 1 fully saturated rings. The summed E-state index contributed by atoms with van der Waals surface area (Å²) in [5.74, 6) is 0. The number of hydrogen-bond donors (Lipinski definition) is 1. The molecule has 1 aliphatic heterocycles. The van der Waals surface area contributed by atoms with E-state index < -0.39 is 0 Å². The fraction of sp³-hybridized carbons (Fsp3) is 0.824. The highest BCUT2D eigenvalue weighted by molar-refractivity contribution is 5.25. The van der Waals surface area contributed by atoms with Crippen LogP contribution in [0.4, 0.5) is 0 Å². The van der Waals surface area contributed by atoms with Crippen LogP contribution in [0.15, 0.2) is 0 Å². The molecule has 120 valence electrons. The minimum Gasteiger partial charge on any atom is -0.367 e. The van der Waals surface area contributed by atoms with Gasteiger partial charge in [0.25, 0.3) is 0 Å². The summed E-state index contributed by atoms with van der Waals surface area (Å²) in [6.45, 7) is 17.1. The average molecular weight is 293 g/mol. The van der Waals surface area contributed by atoms with Gasteiger partial charge in [-0.05, 0) is 54.5 Å². The van der Waals surface area contributed by atoms with Gasteiger partial charge in [0.05, 0.1) is 22.9 Å². The van der Waals surface area contributed by atoms with Crippen molar-refractivity contribution in [2.45, 2.75) is 85.1 Å². The molecule has 21 heavy (non-hydrogen) atoms. The van der Waals surface area contributed by atoms with Crippen molar-refractivity contribution in [2.75, 3.05) is 6.54 Å². The van der Waals surface area contributed by atoms with E-state index in [-0.39, 0.29) is 11.2 Å². The zero-order valence-corrected chi connectivity index (χ0v) is 14.7. The van der Waals surface area contributed by atoms with Crippen LogP contribution in [0.2, 0.25) is 0 Å². The van der Waals surface area contributed by atoms with Gasteiger partial charge in [-0.2, -0.15) is 5.10 Å². The lowest BCUT2D eigenvalue weighted by atomic mass is 9.94. The van der Waals surface area contributed by atoms with Crippen LogP contribution < -0.4 is 5.32 Å². The third-order valence-electron chi connectivity index (χ3n) is 4.53. The van der Waals surface area contributed by atoms with E-state index in [1.54, 1.807) is 0 Å². The number of aryl methyl sites for hydroxylation is 1. The first-order valence-electron chi connectivity index (χ1n) is 8.13. The Balaban J connectivity index is 2.27. The average Bonchev–Trinajstić information content (AvgIpc) is 2.74. The number of ether oxygens (including phenoxy) is 1. The summed E-state index contributed by atoms with van der Waals surface area (Å²) in [7, 11) is 0. The van der Waals surface area contributed by atoms with Crippen LogP contribution in [0.3, 0.4) is 0 Å². The number of rotatable bonds is 5. The van der Waals surface area contributed by atoms with Crippen molar-refractivity contribution in [1.82, 2.24) is 15.1 Å². The predicted octanol–water partition coefficient (Wildman–Crippen LogP) is 3.52. The Morgan fingerprint density at radius 3 is 2.48 bits per heavy atom. The highest BCUT2D eigenvalue weighted by Gasteiger charge is 2.47. The Kier molecular flexibility index (Phi) is 4.50. The monoisotopic (exact) mass is 293 g/mol. The molecule has 2 heterocycles. The number of hydrogen-bond acceptors (Lipinski definition) is 3. The fourth-order valence-corrected chi connectivity index (χ4v) is 3.56. The van der Waals surface area contributed by atoms with E-state index in [0.717, 1.165) is 31.6 Å². The molecule has 1 unspecified atom stereocenters. The summed E-state index contributed by atoms with van der Waals surface area (Å²) in [5, 5.41) is 8.32. The summed E-state index contributed by atoms with van der Waals surface area (Å²) in [5.41, 5.74) is 3.48. The second-order valence-corrected chi connectivity index (χ2v) is 7.46. The van der Waals surface area contributed by atoms with E-state index in [1.165, 1.54) is 11.3 Å². The second kappa shape index (κ2) is 5.73. The summed E-state index contributed by atoms with van der Waals surface area (Å²) < 4.78 is 8.43. The molecule has 1 saturated heterocycles. The molecule has 1 atom stereocenters. The summed E-state index contributed by atoms with van der Waals surface area (Å²) in [6, 6.07) is 0.297. The first kappa shape index (κ1) is 16.5. The van der Waals surface area contributed by atoms with Crippen LogP contribution in [0.1, 0.15) is 70.5 Å². The molecule has 1 aliphatic rings. The number of nitrogens with one attached hydrogen (secondary N) is 1. The van der Waals surface area contributed by atoms with Gasteiger partial charge in [-0.25, -0.2) is 0 Å². The first-order chi connectivity index (χ1) is 9.68. The van der Waals surface area contributed by atoms with Crippen LogP contribution in [0.25, 0.3) is 0 Å². The van der Waals surface area contributed by atoms with Gasteiger partial charge < -0.3 is 10.1 Å². The molecule has 0 bridgehead atoms. The van der Waals surface area contributed by atoms with Gasteiger partial charge in [-0.3, -0.25) is 4.68 Å².